The zero-order chi connectivity index (χ0) is 19.9. The molecule has 2 aromatic carbocycles. The number of amides is 1. The van der Waals surface area contributed by atoms with Crippen molar-refractivity contribution >= 4 is 22.8 Å². The summed E-state index contributed by atoms with van der Waals surface area (Å²) in [5.74, 6) is -0.697. The number of carbonyl (C=O) groups is 2. The van der Waals surface area contributed by atoms with Crippen LogP contribution in [0.5, 0.6) is 0 Å². The van der Waals surface area contributed by atoms with E-state index in [1.807, 2.05) is 30.3 Å². The van der Waals surface area contributed by atoms with E-state index in [9.17, 15) is 14.0 Å². The molecule has 1 aromatic heterocycles. The second-order valence-corrected chi connectivity index (χ2v) is 6.56. The fraction of sp³-hybridized carbons (Fsp3) is 0.273. The second kappa shape index (κ2) is 9.17. The monoisotopic (exact) mass is 382 g/mol. The lowest BCUT2D eigenvalue weighted by Crippen LogP contribution is -2.25. The highest BCUT2D eigenvalue weighted by molar-refractivity contribution is 5.91. The van der Waals surface area contributed by atoms with Crippen molar-refractivity contribution in [1.29, 1.82) is 0 Å². The highest BCUT2D eigenvalue weighted by atomic mass is 19.1. The van der Waals surface area contributed by atoms with Crippen LogP contribution in [0.15, 0.2) is 48.5 Å². The number of hydrogen-bond acceptors (Lipinski definition) is 3. The zero-order valence-electron chi connectivity index (χ0n) is 15.8. The summed E-state index contributed by atoms with van der Waals surface area (Å²) in [6.07, 6.45) is 1.57. The van der Waals surface area contributed by atoms with E-state index in [1.54, 1.807) is 6.07 Å². The van der Waals surface area contributed by atoms with Crippen LogP contribution < -0.4 is 5.32 Å². The molecule has 146 valence electrons. The number of aromatic amines is 1. The number of carbonyl (C=O) groups excluding carboxylic acids is 2. The standard InChI is InChI=1S/C22H23FN2O3/c1-28-21(27)8-5-13-24-20(26)12-10-17-18-14-16(23)9-11-19(18)25-22(17)15-6-3-2-4-7-15/h2-4,6-7,9,11,14,25H,5,8,10,12-13H2,1H3,(H,24,26). The Labute approximate surface area is 162 Å². The molecule has 0 atom stereocenters. The summed E-state index contributed by atoms with van der Waals surface area (Å²) in [6.45, 7) is 0.419. The third-order valence-electron chi connectivity index (χ3n) is 4.64. The molecule has 0 saturated carbocycles. The molecule has 0 aliphatic rings. The van der Waals surface area contributed by atoms with E-state index < -0.39 is 0 Å². The largest absolute Gasteiger partial charge is 0.469 e. The minimum absolute atomic E-state index is 0.102. The predicted molar refractivity (Wildman–Crippen MR) is 106 cm³/mol. The Morgan fingerprint density at radius 2 is 1.89 bits per heavy atom. The lowest BCUT2D eigenvalue weighted by atomic mass is 10.0. The summed E-state index contributed by atoms with van der Waals surface area (Å²) in [5, 5.41) is 3.60. The molecule has 5 nitrogen and oxygen atoms in total. The molecule has 6 heteroatoms. The second-order valence-electron chi connectivity index (χ2n) is 6.56. The summed E-state index contributed by atoms with van der Waals surface area (Å²) < 4.78 is 18.4. The smallest absolute Gasteiger partial charge is 0.305 e. The van der Waals surface area contributed by atoms with E-state index in [4.69, 9.17) is 0 Å². The fourth-order valence-corrected chi connectivity index (χ4v) is 3.22. The third kappa shape index (κ3) is 4.76. The number of ether oxygens (including phenoxy) is 1. The van der Waals surface area contributed by atoms with Crippen LogP contribution in [0, 0.1) is 5.82 Å². The molecular formula is C22H23FN2O3. The SMILES string of the molecule is COC(=O)CCCNC(=O)CCc1c(-c2ccccc2)[nH]c2ccc(F)cc12. The molecule has 1 heterocycles. The van der Waals surface area contributed by atoms with Crippen molar-refractivity contribution in [3.63, 3.8) is 0 Å². The number of aromatic nitrogens is 1. The third-order valence-corrected chi connectivity index (χ3v) is 4.64. The maximum absolute atomic E-state index is 13.8. The van der Waals surface area contributed by atoms with Crippen molar-refractivity contribution in [2.75, 3.05) is 13.7 Å². The topological polar surface area (TPSA) is 71.2 Å². The van der Waals surface area contributed by atoms with Crippen molar-refractivity contribution < 1.29 is 18.7 Å². The Morgan fingerprint density at radius 3 is 2.64 bits per heavy atom. The number of aryl methyl sites for hydroxylation is 1. The van der Waals surface area contributed by atoms with Crippen LogP contribution in [0.25, 0.3) is 22.2 Å². The van der Waals surface area contributed by atoms with Crippen LogP contribution in [0.1, 0.15) is 24.8 Å². The first-order valence-electron chi connectivity index (χ1n) is 9.27. The predicted octanol–water partition coefficient (Wildman–Crippen LogP) is 3.98. The van der Waals surface area contributed by atoms with Gasteiger partial charge in [-0.25, -0.2) is 4.39 Å². The first-order chi connectivity index (χ1) is 13.6. The maximum atomic E-state index is 13.8. The molecule has 0 spiro atoms. The zero-order valence-corrected chi connectivity index (χ0v) is 15.8. The minimum Gasteiger partial charge on any atom is -0.469 e. The van der Waals surface area contributed by atoms with E-state index in [-0.39, 0.29) is 30.5 Å². The van der Waals surface area contributed by atoms with Crippen LogP contribution in [0.3, 0.4) is 0 Å². The first kappa shape index (κ1) is 19.6. The van der Waals surface area contributed by atoms with Crippen LogP contribution in [-0.4, -0.2) is 30.5 Å². The number of fused-ring (bicyclic) bond motifs is 1. The lowest BCUT2D eigenvalue weighted by Gasteiger charge is -2.07. The van der Waals surface area contributed by atoms with E-state index in [0.717, 1.165) is 27.7 Å². The van der Waals surface area contributed by atoms with Gasteiger partial charge in [-0.05, 0) is 42.2 Å². The van der Waals surface area contributed by atoms with Gasteiger partial charge in [-0.15, -0.1) is 0 Å². The Balaban J connectivity index is 1.72. The van der Waals surface area contributed by atoms with Gasteiger partial charge in [0.15, 0.2) is 0 Å². The maximum Gasteiger partial charge on any atom is 0.305 e. The number of methoxy groups -OCH3 is 1. The van der Waals surface area contributed by atoms with Gasteiger partial charge in [-0.1, -0.05) is 30.3 Å². The van der Waals surface area contributed by atoms with Gasteiger partial charge in [-0.2, -0.15) is 0 Å². The van der Waals surface area contributed by atoms with Crippen molar-refractivity contribution in [1.82, 2.24) is 10.3 Å². The Morgan fingerprint density at radius 1 is 1.11 bits per heavy atom. The number of rotatable bonds is 8. The summed E-state index contributed by atoms with van der Waals surface area (Å²) in [5.41, 5.74) is 3.66. The number of hydrogen-bond donors (Lipinski definition) is 2. The van der Waals surface area contributed by atoms with Crippen molar-refractivity contribution in [2.24, 2.45) is 0 Å². The Hall–Kier alpha value is -3.15. The molecular weight excluding hydrogens is 359 g/mol. The molecule has 28 heavy (non-hydrogen) atoms. The molecule has 0 unspecified atom stereocenters. The summed E-state index contributed by atoms with van der Waals surface area (Å²) >= 11 is 0. The van der Waals surface area contributed by atoms with Gasteiger partial charge in [0.05, 0.1) is 7.11 Å². The van der Waals surface area contributed by atoms with Crippen LogP contribution in [0.4, 0.5) is 4.39 Å². The summed E-state index contributed by atoms with van der Waals surface area (Å²) in [7, 11) is 1.34. The fourth-order valence-electron chi connectivity index (χ4n) is 3.22. The van der Waals surface area contributed by atoms with Gasteiger partial charge in [-0.3, -0.25) is 9.59 Å². The van der Waals surface area contributed by atoms with Gasteiger partial charge in [0.1, 0.15) is 5.82 Å². The van der Waals surface area contributed by atoms with Crippen LogP contribution in [0.2, 0.25) is 0 Å². The van der Waals surface area contributed by atoms with Crippen molar-refractivity contribution in [2.45, 2.75) is 25.7 Å². The Bertz CT molecular complexity index is 967. The molecule has 0 fully saturated rings. The summed E-state index contributed by atoms with van der Waals surface area (Å²) in [6, 6.07) is 14.4. The van der Waals surface area contributed by atoms with Gasteiger partial charge < -0.3 is 15.0 Å². The molecule has 0 bridgehead atoms. The average molecular weight is 382 g/mol. The van der Waals surface area contributed by atoms with Gasteiger partial charge in [0.25, 0.3) is 0 Å². The van der Waals surface area contributed by atoms with E-state index in [0.29, 0.717) is 19.4 Å². The molecule has 0 saturated heterocycles. The molecule has 0 aliphatic carbocycles. The molecule has 2 N–H and O–H groups in total. The number of H-pyrrole nitrogens is 1. The lowest BCUT2D eigenvalue weighted by molar-refractivity contribution is -0.140. The molecule has 3 rings (SSSR count). The van der Waals surface area contributed by atoms with E-state index in [2.05, 4.69) is 15.0 Å². The van der Waals surface area contributed by atoms with E-state index >= 15 is 0 Å². The van der Waals surface area contributed by atoms with Crippen LogP contribution in [-0.2, 0) is 20.7 Å². The normalized spacial score (nSPS) is 10.8. The summed E-state index contributed by atoms with van der Waals surface area (Å²) in [4.78, 5) is 26.6. The van der Waals surface area contributed by atoms with E-state index in [1.165, 1.54) is 19.2 Å². The minimum atomic E-state index is -0.306. The van der Waals surface area contributed by atoms with Gasteiger partial charge in [0, 0.05) is 36.0 Å². The molecule has 1 amide bonds. The number of benzene rings is 2. The van der Waals surface area contributed by atoms with Crippen molar-refractivity contribution in [3.8, 4) is 11.3 Å². The Kier molecular flexibility index (Phi) is 6.42. The molecule has 3 aromatic rings. The number of esters is 1. The highest BCUT2D eigenvalue weighted by Gasteiger charge is 2.15. The molecule has 0 aliphatic heterocycles. The van der Waals surface area contributed by atoms with Crippen molar-refractivity contribution in [3.05, 3.63) is 59.9 Å². The van der Waals surface area contributed by atoms with Gasteiger partial charge in [0.2, 0.25) is 5.91 Å². The number of nitrogens with one attached hydrogen (secondary N) is 2. The number of halogens is 1. The molecule has 0 radical (unpaired) electrons. The first-order valence-corrected chi connectivity index (χ1v) is 9.27. The quantitative estimate of drug-likeness (QED) is 0.457. The van der Waals surface area contributed by atoms with Crippen LogP contribution >= 0.6 is 0 Å². The van der Waals surface area contributed by atoms with Gasteiger partial charge >= 0.3 is 5.97 Å². The highest BCUT2D eigenvalue weighted by Crippen LogP contribution is 2.31. The average Bonchev–Trinajstić information content (AvgIpc) is 3.07.